The van der Waals surface area contributed by atoms with E-state index in [4.69, 9.17) is 11.2 Å². The smallest absolute Gasteiger partial charge is 0.310 e. The van der Waals surface area contributed by atoms with Crippen LogP contribution in [-0.4, -0.2) is 56.7 Å². The molecule has 1 fully saturated rings. The van der Waals surface area contributed by atoms with Gasteiger partial charge < -0.3 is 20.3 Å². The van der Waals surface area contributed by atoms with Crippen molar-refractivity contribution in [2.24, 2.45) is 10.9 Å². The van der Waals surface area contributed by atoms with Gasteiger partial charge in [0, 0.05) is 19.1 Å². The van der Waals surface area contributed by atoms with Crippen molar-refractivity contribution in [3.63, 3.8) is 0 Å². The van der Waals surface area contributed by atoms with Gasteiger partial charge in [-0.3, -0.25) is 9.79 Å². The van der Waals surface area contributed by atoms with Crippen LogP contribution in [0.3, 0.4) is 0 Å². The number of unbranched alkanes of at least 4 members (excludes halogenated alkanes) is 6. The summed E-state index contributed by atoms with van der Waals surface area (Å²) in [7, 11) is 0. The van der Waals surface area contributed by atoms with Crippen LogP contribution in [0.5, 0.6) is 0 Å². The van der Waals surface area contributed by atoms with Gasteiger partial charge in [0.25, 0.3) is 0 Å². The predicted molar refractivity (Wildman–Crippen MR) is 132 cm³/mol. The maximum atomic E-state index is 14.1. The number of aliphatic hydroxyl groups excluding tert-OH is 2. The van der Waals surface area contributed by atoms with Crippen LogP contribution in [0.1, 0.15) is 83.2 Å². The van der Waals surface area contributed by atoms with E-state index in [1.54, 1.807) is 6.21 Å². The molecule has 3 N–H and O–H groups in total. The Hall–Kier alpha value is -2.41. The van der Waals surface area contributed by atoms with Crippen molar-refractivity contribution in [2.75, 3.05) is 11.9 Å². The fraction of sp³-hybridized carbons (Fsp3) is 0.692. The van der Waals surface area contributed by atoms with E-state index in [0.29, 0.717) is 43.5 Å². The highest BCUT2D eigenvalue weighted by Crippen LogP contribution is 2.36. The highest BCUT2D eigenvalue weighted by molar-refractivity contribution is 5.93. The number of terminal acetylenes is 1. The van der Waals surface area contributed by atoms with Gasteiger partial charge in [-0.1, -0.05) is 51.4 Å². The maximum absolute atomic E-state index is 14.1. The molecule has 3 heterocycles. The predicted octanol–water partition coefficient (Wildman–Crippen LogP) is 3.86. The summed E-state index contributed by atoms with van der Waals surface area (Å²) in [4.78, 5) is 24.7. The summed E-state index contributed by atoms with van der Waals surface area (Å²) in [5.74, 6) is 2.23. The van der Waals surface area contributed by atoms with Gasteiger partial charge in [0.1, 0.15) is 5.69 Å². The van der Waals surface area contributed by atoms with Gasteiger partial charge in [-0.15, -0.1) is 6.42 Å². The molecule has 0 bridgehead atoms. The number of aliphatic hydroxyl groups is 2. The Morgan fingerprint density at radius 3 is 2.71 bits per heavy atom. The first-order chi connectivity index (χ1) is 16.9. The number of nitrogens with zero attached hydrogens (tertiary/aromatic N) is 3. The van der Waals surface area contributed by atoms with E-state index in [2.05, 4.69) is 33.1 Å². The SMILES string of the molecule is C#C[C@]1(CO)OC(CC2C=Nc3c(nc(F)nc3NC(=O)CCCCCCCCC)CC2)C[C@@H]1O. The van der Waals surface area contributed by atoms with Crippen molar-refractivity contribution >= 4 is 23.6 Å². The first-order valence-electron chi connectivity index (χ1n) is 12.8. The number of hydrogen-bond donors (Lipinski definition) is 3. The molecule has 0 radical (unpaired) electrons. The molecule has 4 atom stereocenters. The van der Waals surface area contributed by atoms with E-state index in [1.165, 1.54) is 25.7 Å². The molecule has 0 saturated carbocycles. The van der Waals surface area contributed by atoms with Crippen LogP contribution in [0.2, 0.25) is 0 Å². The molecule has 3 rings (SSSR count). The fourth-order valence-corrected chi connectivity index (χ4v) is 4.72. The molecule has 1 aromatic heterocycles. The second-order valence-corrected chi connectivity index (χ2v) is 9.55. The highest BCUT2D eigenvalue weighted by atomic mass is 19.1. The highest BCUT2D eigenvalue weighted by Gasteiger charge is 2.46. The third kappa shape index (κ3) is 7.29. The molecule has 2 aliphatic heterocycles. The van der Waals surface area contributed by atoms with Gasteiger partial charge >= 0.3 is 6.08 Å². The second kappa shape index (κ2) is 13.1. The topological polar surface area (TPSA) is 117 Å². The lowest BCUT2D eigenvalue weighted by atomic mass is 9.93. The molecule has 8 nitrogen and oxygen atoms in total. The first-order valence-corrected chi connectivity index (χ1v) is 12.8. The Morgan fingerprint density at radius 2 is 2.03 bits per heavy atom. The maximum Gasteiger partial charge on any atom is 0.310 e. The van der Waals surface area contributed by atoms with Crippen molar-refractivity contribution in [3.05, 3.63) is 11.8 Å². The lowest BCUT2D eigenvalue weighted by molar-refractivity contribution is -0.116. The molecule has 0 aromatic carbocycles. The lowest BCUT2D eigenvalue weighted by Gasteiger charge is -2.24. The minimum Gasteiger partial charge on any atom is -0.392 e. The molecule has 1 saturated heterocycles. The van der Waals surface area contributed by atoms with Crippen molar-refractivity contribution < 1.29 is 24.1 Å². The van der Waals surface area contributed by atoms with Crippen LogP contribution in [0, 0.1) is 24.3 Å². The van der Waals surface area contributed by atoms with Gasteiger partial charge in [-0.25, -0.2) is 4.98 Å². The van der Waals surface area contributed by atoms with Gasteiger partial charge in [0.15, 0.2) is 11.4 Å². The summed E-state index contributed by atoms with van der Waals surface area (Å²) in [5, 5.41) is 22.5. The normalized spacial score (nSPS) is 25.6. The summed E-state index contributed by atoms with van der Waals surface area (Å²) in [5.41, 5.74) is -0.553. The van der Waals surface area contributed by atoms with Gasteiger partial charge in [-0.05, 0) is 31.6 Å². The van der Waals surface area contributed by atoms with Crippen LogP contribution in [0.25, 0.3) is 0 Å². The van der Waals surface area contributed by atoms with Gasteiger partial charge in [0.2, 0.25) is 5.91 Å². The van der Waals surface area contributed by atoms with Crippen molar-refractivity contribution in [1.82, 2.24) is 9.97 Å². The quantitative estimate of drug-likeness (QED) is 0.234. The van der Waals surface area contributed by atoms with Crippen LogP contribution >= 0.6 is 0 Å². The lowest BCUT2D eigenvalue weighted by Crippen LogP contribution is -2.41. The number of nitrogens with one attached hydrogen (secondary N) is 1. The number of carbonyl (C=O) groups excluding carboxylic acids is 1. The number of carbonyl (C=O) groups is 1. The molecular formula is C26H37FN4O4. The number of halogens is 1. The molecule has 0 spiro atoms. The molecule has 192 valence electrons. The summed E-state index contributed by atoms with van der Waals surface area (Å²) in [6.07, 6.45) is 15.1. The van der Waals surface area contributed by atoms with Crippen LogP contribution in [-0.2, 0) is 16.0 Å². The van der Waals surface area contributed by atoms with Crippen LogP contribution in [0.4, 0.5) is 15.9 Å². The Labute approximate surface area is 206 Å². The number of fused-ring (bicyclic) bond motifs is 1. The van der Waals surface area contributed by atoms with E-state index in [1.807, 2.05) is 0 Å². The second-order valence-electron chi connectivity index (χ2n) is 9.55. The molecule has 1 aromatic rings. The monoisotopic (exact) mass is 488 g/mol. The fourth-order valence-electron chi connectivity index (χ4n) is 4.72. The Balaban J connectivity index is 1.57. The summed E-state index contributed by atoms with van der Waals surface area (Å²) in [6, 6.07) is 0. The Morgan fingerprint density at radius 1 is 1.29 bits per heavy atom. The third-order valence-corrected chi connectivity index (χ3v) is 6.81. The number of anilines is 1. The number of rotatable bonds is 12. The molecule has 0 aliphatic carbocycles. The van der Waals surface area contributed by atoms with E-state index in [9.17, 15) is 19.4 Å². The molecular weight excluding hydrogens is 451 g/mol. The van der Waals surface area contributed by atoms with E-state index < -0.39 is 24.4 Å². The Bertz CT molecular complexity index is 935. The zero-order valence-electron chi connectivity index (χ0n) is 20.5. The van der Waals surface area contributed by atoms with Crippen molar-refractivity contribution in [2.45, 2.75) is 102 Å². The van der Waals surface area contributed by atoms with Crippen molar-refractivity contribution in [1.29, 1.82) is 0 Å². The molecule has 2 aliphatic rings. The third-order valence-electron chi connectivity index (χ3n) is 6.81. The van der Waals surface area contributed by atoms with Gasteiger partial charge in [-0.2, -0.15) is 9.37 Å². The number of aryl methyl sites for hydroxylation is 1. The number of hydrogen-bond acceptors (Lipinski definition) is 7. The standard InChI is InChI=1S/C26H37FN4O4/c1-3-5-6-7-8-9-10-11-22(34)30-24-23-20(29-25(27)31-24)13-12-18(16-28-23)14-19-15-21(33)26(4-2,17-32)35-19/h2,16,18-19,21,32-33H,3,5-15,17H2,1H3,(H,29,30,31,34)/t18?,19?,21-,26+/m0/s1. The molecule has 35 heavy (non-hydrogen) atoms. The average molecular weight is 489 g/mol. The van der Waals surface area contributed by atoms with E-state index in [-0.39, 0.29) is 23.7 Å². The number of ether oxygens (including phenoxy) is 1. The molecule has 9 heteroatoms. The number of aliphatic imine (C=N–C) groups is 1. The van der Waals surface area contributed by atoms with E-state index in [0.717, 1.165) is 19.3 Å². The average Bonchev–Trinajstić information content (AvgIpc) is 3.01. The van der Waals surface area contributed by atoms with Gasteiger partial charge in [0.05, 0.1) is 24.5 Å². The molecule has 2 unspecified atom stereocenters. The Kier molecular flexibility index (Phi) is 10.1. The number of amides is 1. The largest absolute Gasteiger partial charge is 0.392 e. The first kappa shape index (κ1) is 27.2. The summed E-state index contributed by atoms with van der Waals surface area (Å²) < 4.78 is 19.9. The zero-order chi connectivity index (χ0) is 25.3. The van der Waals surface area contributed by atoms with Crippen LogP contribution < -0.4 is 5.32 Å². The molecule has 1 amide bonds. The zero-order valence-corrected chi connectivity index (χ0v) is 20.5. The summed E-state index contributed by atoms with van der Waals surface area (Å²) in [6.45, 7) is 1.73. The minimum atomic E-state index is -1.38. The number of aromatic nitrogens is 2. The van der Waals surface area contributed by atoms with E-state index >= 15 is 0 Å². The summed E-state index contributed by atoms with van der Waals surface area (Å²) >= 11 is 0. The van der Waals surface area contributed by atoms with Crippen molar-refractivity contribution in [3.8, 4) is 12.3 Å². The van der Waals surface area contributed by atoms with Crippen LogP contribution in [0.15, 0.2) is 4.99 Å². The minimum absolute atomic E-state index is 0.0343.